The number of amides is 2. The Morgan fingerprint density at radius 3 is 2.38 bits per heavy atom. The monoisotopic (exact) mass is 509 g/mol. The van der Waals surface area contributed by atoms with Gasteiger partial charge in [-0.2, -0.15) is 5.26 Å². The van der Waals surface area contributed by atoms with Gasteiger partial charge in [-0.1, -0.05) is 23.7 Å². The van der Waals surface area contributed by atoms with Crippen molar-refractivity contribution in [3.05, 3.63) is 29.3 Å². The molecule has 0 radical (unpaired) electrons. The first-order valence-electron chi connectivity index (χ1n) is 10.8. The van der Waals surface area contributed by atoms with Crippen LogP contribution in [0.25, 0.3) is 0 Å². The lowest BCUT2D eigenvalue weighted by Gasteiger charge is -2.36. The summed E-state index contributed by atoms with van der Waals surface area (Å²) in [4.78, 5) is 39.8. The van der Waals surface area contributed by atoms with Crippen LogP contribution in [0.1, 0.15) is 19.3 Å². The van der Waals surface area contributed by atoms with Crippen LogP contribution in [0.3, 0.4) is 0 Å². The molecule has 12 heteroatoms. The Balaban J connectivity index is 1.81. The summed E-state index contributed by atoms with van der Waals surface area (Å²) >= 11 is 6.14. The van der Waals surface area contributed by atoms with Crippen LogP contribution in [-0.4, -0.2) is 67.8 Å². The van der Waals surface area contributed by atoms with E-state index in [-0.39, 0.29) is 49.1 Å². The molecule has 4 rings (SSSR count). The highest BCUT2D eigenvalue weighted by Gasteiger charge is 2.76. The maximum Gasteiger partial charge on any atom is 0.310 e. The number of aliphatic carboxylic acids is 1. The normalized spacial score (nSPS) is 33.2. The molecule has 1 aliphatic heterocycles. The van der Waals surface area contributed by atoms with E-state index in [0.717, 1.165) is 0 Å². The molecule has 3 fully saturated rings. The lowest BCUT2D eigenvalue weighted by molar-refractivity contribution is -0.161. The van der Waals surface area contributed by atoms with E-state index >= 15 is 0 Å². The van der Waals surface area contributed by atoms with Gasteiger partial charge in [0.05, 0.1) is 45.8 Å². The highest BCUT2D eigenvalue weighted by Crippen LogP contribution is 2.68. The molecule has 2 aliphatic carbocycles. The SMILES string of the molecule is N#CC1(C(N)=O)CC1[C@]1(C(=O)O)C[C@H](S(=O)(=O)c2ccccc2Cl)C[C@H]1C(=O)N1CCOCC1. The highest BCUT2D eigenvalue weighted by molar-refractivity contribution is 7.92. The zero-order valence-electron chi connectivity index (χ0n) is 18.1. The summed E-state index contributed by atoms with van der Waals surface area (Å²) in [7, 11) is -4.13. The molecule has 2 unspecified atom stereocenters. The summed E-state index contributed by atoms with van der Waals surface area (Å²) in [5, 5.41) is 18.8. The van der Waals surface area contributed by atoms with Crippen molar-refractivity contribution in [2.45, 2.75) is 29.4 Å². The van der Waals surface area contributed by atoms with E-state index in [4.69, 9.17) is 22.1 Å². The summed E-state index contributed by atoms with van der Waals surface area (Å²) < 4.78 is 32.4. The fraction of sp³-hybridized carbons (Fsp3) is 0.545. The Bertz CT molecular complexity index is 1190. The third-order valence-corrected chi connectivity index (χ3v) is 10.2. The van der Waals surface area contributed by atoms with Crippen LogP contribution in [0.5, 0.6) is 0 Å². The molecule has 182 valence electrons. The van der Waals surface area contributed by atoms with E-state index in [1.807, 2.05) is 6.07 Å². The van der Waals surface area contributed by atoms with Crippen LogP contribution >= 0.6 is 11.6 Å². The van der Waals surface area contributed by atoms with Gasteiger partial charge < -0.3 is 20.5 Å². The zero-order valence-corrected chi connectivity index (χ0v) is 19.7. The number of carbonyl (C=O) groups is 3. The lowest BCUT2D eigenvalue weighted by atomic mass is 9.70. The summed E-state index contributed by atoms with van der Waals surface area (Å²) in [6.45, 7) is 1.01. The second-order valence-electron chi connectivity index (χ2n) is 9.08. The maximum absolute atomic E-state index is 13.6. The van der Waals surface area contributed by atoms with Gasteiger partial charge in [-0.25, -0.2) is 8.42 Å². The van der Waals surface area contributed by atoms with Crippen molar-refractivity contribution in [1.29, 1.82) is 5.26 Å². The van der Waals surface area contributed by atoms with Crippen molar-refractivity contribution in [2.75, 3.05) is 26.3 Å². The molecule has 2 amide bonds. The molecule has 2 saturated carbocycles. The predicted molar refractivity (Wildman–Crippen MR) is 118 cm³/mol. The Morgan fingerprint density at radius 1 is 1.21 bits per heavy atom. The number of nitrogens with two attached hydrogens (primary N) is 1. The molecule has 34 heavy (non-hydrogen) atoms. The van der Waals surface area contributed by atoms with Gasteiger partial charge in [0.15, 0.2) is 9.84 Å². The number of primary amides is 1. The number of carboxylic acids is 1. The third kappa shape index (κ3) is 3.56. The maximum atomic E-state index is 13.6. The largest absolute Gasteiger partial charge is 0.481 e. The van der Waals surface area contributed by atoms with Crippen molar-refractivity contribution in [3.63, 3.8) is 0 Å². The van der Waals surface area contributed by atoms with E-state index in [1.165, 1.54) is 23.1 Å². The van der Waals surface area contributed by atoms with Gasteiger partial charge in [-0.3, -0.25) is 14.4 Å². The number of nitrogens with zero attached hydrogens (tertiary/aromatic N) is 2. The lowest BCUT2D eigenvalue weighted by Crippen LogP contribution is -2.50. The first kappa shape index (κ1) is 24.4. The molecule has 1 saturated heterocycles. The summed E-state index contributed by atoms with van der Waals surface area (Å²) in [6, 6.07) is 7.66. The number of hydrogen-bond donors (Lipinski definition) is 2. The molecule has 10 nitrogen and oxygen atoms in total. The molecular weight excluding hydrogens is 486 g/mol. The molecule has 0 spiro atoms. The van der Waals surface area contributed by atoms with E-state index in [1.54, 1.807) is 6.07 Å². The van der Waals surface area contributed by atoms with Gasteiger partial charge in [0.25, 0.3) is 0 Å². The van der Waals surface area contributed by atoms with Gasteiger partial charge in [-0.15, -0.1) is 0 Å². The van der Waals surface area contributed by atoms with Crippen molar-refractivity contribution < 1.29 is 32.6 Å². The number of carboxylic acid groups (broad SMARTS) is 1. The number of nitriles is 1. The van der Waals surface area contributed by atoms with Gasteiger partial charge in [0.1, 0.15) is 5.41 Å². The Morgan fingerprint density at radius 2 is 1.85 bits per heavy atom. The molecule has 0 bridgehead atoms. The highest BCUT2D eigenvalue weighted by atomic mass is 35.5. The number of sulfone groups is 1. The molecule has 1 aromatic rings. The molecular formula is C22H24ClN3O7S. The summed E-state index contributed by atoms with van der Waals surface area (Å²) in [5.41, 5.74) is 1.75. The van der Waals surface area contributed by atoms with Crippen molar-refractivity contribution in [3.8, 4) is 6.07 Å². The van der Waals surface area contributed by atoms with Crippen LogP contribution < -0.4 is 5.73 Å². The molecule has 3 aliphatic rings. The first-order chi connectivity index (χ1) is 16.0. The number of rotatable bonds is 6. The quantitative estimate of drug-likeness (QED) is 0.568. The van der Waals surface area contributed by atoms with E-state index in [9.17, 15) is 33.2 Å². The number of hydrogen-bond acceptors (Lipinski definition) is 7. The number of carbonyl (C=O) groups excluding carboxylic acids is 2. The van der Waals surface area contributed by atoms with Gasteiger partial charge in [-0.05, 0) is 31.4 Å². The van der Waals surface area contributed by atoms with Crippen LogP contribution in [0.2, 0.25) is 5.02 Å². The Hall–Kier alpha value is -2.68. The Kier molecular flexibility index (Phi) is 6.12. The van der Waals surface area contributed by atoms with E-state index in [2.05, 4.69) is 0 Å². The average molecular weight is 510 g/mol. The molecule has 1 heterocycles. The number of halogens is 1. The van der Waals surface area contributed by atoms with Crippen LogP contribution in [0.15, 0.2) is 29.2 Å². The van der Waals surface area contributed by atoms with Gasteiger partial charge in [0, 0.05) is 19.0 Å². The van der Waals surface area contributed by atoms with E-state index in [0.29, 0.717) is 0 Å². The minimum Gasteiger partial charge on any atom is -0.481 e. The van der Waals surface area contributed by atoms with Gasteiger partial charge >= 0.3 is 5.97 Å². The second kappa shape index (κ2) is 8.52. The predicted octanol–water partition coefficient (Wildman–Crippen LogP) is 0.837. The number of ether oxygens (including phenoxy) is 1. The second-order valence-corrected chi connectivity index (χ2v) is 11.7. The fourth-order valence-corrected chi connectivity index (χ4v) is 7.97. The van der Waals surface area contributed by atoms with Crippen LogP contribution in [0.4, 0.5) is 0 Å². The van der Waals surface area contributed by atoms with Crippen molar-refractivity contribution in [1.82, 2.24) is 4.90 Å². The van der Waals surface area contributed by atoms with Crippen LogP contribution in [-0.2, 0) is 29.0 Å². The Labute approximate surface area is 201 Å². The third-order valence-electron chi connectivity index (χ3n) is 7.51. The van der Waals surface area contributed by atoms with Crippen LogP contribution in [0, 0.1) is 34.0 Å². The molecule has 0 aromatic heterocycles. The first-order valence-corrected chi connectivity index (χ1v) is 12.7. The van der Waals surface area contributed by atoms with Gasteiger partial charge in [0.2, 0.25) is 11.8 Å². The molecule has 5 atom stereocenters. The summed E-state index contributed by atoms with van der Waals surface area (Å²) in [5.74, 6) is -5.26. The molecule has 3 N–H and O–H groups in total. The fourth-order valence-electron chi connectivity index (χ4n) is 5.60. The minimum atomic E-state index is -4.13. The van der Waals surface area contributed by atoms with E-state index < -0.39 is 62.0 Å². The molecule has 1 aromatic carbocycles. The van der Waals surface area contributed by atoms with Crippen molar-refractivity contribution >= 4 is 39.2 Å². The topological polar surface area (TPSA) is 168 Å². The zero-order chi connectivity index (χ0) is 24.9. The average Bonchev–Trinajstić information content (AvgIpc) is 3.44. The minimum absolute atomic E-state index is 0.0127. The number of benzene rings is 1. The number of morpholine rings is 1. The van der Waals surface area contributed by atoms with Crippen molar-refractivity contribution in [2.24, 2.45) is 28.4 Å². The standard InChI is InChI=1S/C22H24ClN3O7S/c23-15-3-1-2-4-16(15)34(31,32)13-9-14(18(27)26-5-7-33-8-6-26)22(10-13,20(29)30)17-11-21(17,12-24)19(25)28/h1-4,13-14,17H,5-11H2,(H2,25,28)(H,29,30)/t13-,14+,17?,21?,22+/m1/s1. The summed E-state index contributed by atoms with van der Waals surface area (Å²) in [6.07, 6.45) is -0.846. The smallest absolute Gasteiger partial charge is 0.310 e.